The van der Waals surface area contributed by atoms with E-state index >= 15 is 0 Å². The largest absolute Gasteiger partial charge is 0.481 e. The molecule has 0 aliphatic carbocycles. The monoisotopic (exact) mass is 467 g/mol. The minimum atomic E-state index is -0.711. The van der Waals surface area contributed by atoms with Gasteiger partial charge in [-0.3, -0.25) is 9.59 Å². The smallest absolute Gasteiger partial charge is 0.303 e. The number of hydrogen-bond donors (Lipinski definition) is 2. The molecule has 1 aromatic heterocycles. The highest BCUT2D eigenvalue weighted by Gasteiger charge is 2.20. The quantitative estimate of drug-likeness (QED) is 0.558. The van der Waals surface area contributed by atoms with Gasteiger partial charge < -0.3 is 15.3 Å². The number of carbonyl (C=O) groups excluding carboxylic acids is 1. The molecule has 1 saturated heterocycles. The van der Waals surface area contributed by atoms with Crippen LogP contribution in [0.3, 0.4) is 0 Å². The minimum absolute atomic E-state index is 0.0503. The van der Waals surface area contributed by atoms with Crippen LogP contribution in [-0.4, -0.2) is 53.0 Å². The van der Waals surface area contributed by atoms with Gasteiger partial charge >= 0.3 is 5.97 Å². The lowest BCUT2D eigenvalue weighted by atomic mass is 9.99. The molecule has 2 heterocycles. The molecule has 1 aliphatic heterocycles. The molecule has 0 spiro atoms. The number of rotatable bonds is 4. The van der Waals surface area contributed by atoms with Crippen LogP contribution in [0.2, 0.25) is 5.02 Å². The van der Waals surface area contributed by atoms with Gasteiger partial charge in [0.05, 0.1) is 16.2 Å². The van der Waals surface area contributed by atoms with E-state index in [0.29, 0.717) is 17.0 Å². The van der Waals surface area contributed by atoms with Gasteiger partial charge in [-0.25, -0.2) is 4.98 Å². The first-order valence-corrected chi connectivity index (χ1v) is 11.6. The van der Waals surface area contributed by atoms with Crippen molar-refractivity contribution in [3.63, 3.8) is 0 Å². The maximum absolute atomic E-state index is 12.8. The molecule has 1 fully saturated rings. The van der Waals surface area contributed by atoms with E-state index in [0.717, 1.165) is 65.9 Å². The van der Waals surface area contributed by atoms with Crippen molar-refractivity contribution >= 4 is 34.4 Å². The van der Waals surface area contributed by atoms with Gasteiger partial charge in [0, 0.05) is 49.1 Å². The standard InChI is InChI=1S/C22H22ClN3O.C4H8O2/c1-14-5-3-4-6-17(14)21-15(2)20(23)18-8-7-16(13-19(18)25-21)22(27)26-11-9-24-10-12-26;1-2-3-4(5)6/h3-8,13,24H,9-12H2,1-2H3;2-3H2,1H3,(H,5,6). The fourth-order valence-corrected chi connectivity index (χ4v) is 4.07. The van der Waals surface area contributed by atoms with Gasteiger partial charge in [0.1, 0.15) is 0 Å². The molecule has 0 bridgehead atoms. The normalized spacial score (nSPS) is 13.4. The minimum Gasteiger partial charge on any atom is -0.481 e. The zero-order valence-electron chi connectivity index (χ0n) is 19.3. The Morgan fingerprint density at radius 3 is 2.42 bits per heavy atom. The SMILES string of the molecule is CCCC(=O)O.Cc1ccccc1-c1nc2cc(C(=O)N3CCNCC3)ccc2c(Cl)c1C. The lowest BCUT2D eigenvalue weighted by molar-refractivity contribution is -0.137. The van der Waals surface area contributed by atoms with Gasteiger partial charge in [-0.1, -0.05) is 48.9 Å². The van der Waals surface area contributed by atoms with E-state index in [4.69, 9.17) is 21.7 Å². The summed E-state index contributed by atoms with van der Waals surface area (Å²) in [6.45, 7) is 9.03. The van der Waals surface area contributed by atoms with Crippen LogP contribution in [0.15, 0.2) is 42.5 Å². The summed E-state index contributed by atoms with van der Waals surface area (Å²) >= 11 is 6.67. The summed E-state index contributed by atoms with van der Waals surface area (Å²) < 4.78 is 0. The number of carboxylic acid groups (broad SMARTS) is 1. The van der Waals surface area contributed by atoms with Gasteiger partial charge in [0.15, 0.2) is 0 Å². The van der Waals surface area contributed by atoms with E-state index in [1.165, 1.54) is 0 Å². The van der Waals surface area contributed by atoms with E-state index < -0.39 is 5.97 Å². The van der Waals surface area contributed by atoms with Crippen LogP contribution in [0.5, 0.6) is 0 Å². The molecule has 1 aliphatic rings. The van der Waals surface area contributed by atoms with E-state index in [2.05, 4.69) is 24.4 Å². The number of fused-ring (bicyclic) bond motifs is 1. The van der Waals surface area contributed by atoms with Gasteiger partial charge in [-0.05, 0) is 43.5 Å². The number of aromatic nitrogens is 1. The number of carbonyl (C=O) groups is 2. The third kappa shape index (κ3) is 5.89. The first-order chi connectivity index (χ1) is 15.8. The Kier molecular flexibility index (Phi) is 8.42. The Bertz CT molecular complexity index is 1160. The van der Waals surface area contributed by atoms with Crippen molar-refractivity contribution in [3.8, 4) is 11.3 Å². The number of aliphatic carboxylic acids is 1. The summed E-state index contributed by atoms with van der Waals surface area (Å²) in [5, 5.41) is 12.8. The Labute approximate surface area is 199 Å². The molecule has 2 aromatic carbocycles. The number of pyridine rings is 1. The molecule has 0 atom stereocenters. The number of amides is 1. The highest BCUT2D eigenvalue weighted by molar-refractivity contribution is 6.36. The molecule has 2 N–H and O–H groups in total. The second kappa shape index (κ2) is 11.3. The summed E-state index contributed by atoms with van der Waals surface area (Å²) in [6, 6.07) is 13.8. The van der Waals surface area contributed by atoms with Gasteiger partial charge in [0.2, 0.25) is 0 Å². The number of benzene rings is 2. The Morgan fingerprint density at radius 1 is 1.12 bits per heavy atom. The van der Waals surface area contributed by atoms with Crippen LogP contribution in [0.25, 0.3) is 22.2 Å². The third-order valence-electron chi connectivity index (χ3n) is 5.67. The summed E-state index contributed by atoms with van der Waals surface area (Å²) in [5.74, 6) is -0.660. The average molecular weight is 468 g/mol. The molecule has 33 heavy (non-hydrogen) atoms. The number of hydrogen-bond acceptors (Lipinski definition) is 4. The molecule has 7 heteroatoms. The maximum Gasteiger partial charge on any atom is 0.303 e. The number of aryl methyl sites for hydroxylation is 1. The van der Waals surface area contributed by atoms with E-state index in [1.807, 2.05) is 49.1 Å². The number of nitrogens with one attached hydrogen (secondary N) is 1. The Morgan fingerprint density at radius 2 is 1.82 bits per heavy atom. The van der Waals surface area contributed by atoms with Gasteiger partial charge in [-0.2, -0.15) is 0 Å². The molecular formula is C26H30ClN3O3. The van der Waals surface area contributed by atoms with Crippen molar-refractivity contribution in [1.29, 1.82) is 0 Å². The van der Waals surface area contributed by atoms with Crippen molar-refractivity contribution in [2.24, 2.45) is 0 Å². The van der Waals surface area contributed by atoms with Gasteiger partial charge in [-0.15, -0.1) is 0 Å². The molecular weight excluding hydrogens is 438 g/mol. The lowest BCUT2D eigenvalue weighted by Crippen LogP contribution is -2.46. The van der Waals surface area contributed by atoms with Crippen LogP contribution in [-0.2, 0) is 4.79 Å². The van der Waals surface area contributed by atoms with Crippen LogP contribution in [0.1, 0.15) is 41.3 Å². The lowest BCUT2D eigenvalue weighted by Gasteiger charge is -2.27. The first kappa shape index (κ1) is 24.7. The van der Waals surface area contributed by atoms with Crippen molar-refractivity contribution in [1.82, 2.24) is 15.2 Å². The predicted octanol–water partition coefficient (Wildman–Crippen LogP) is 5.09. The second-order valence-corrected chi connectivity index (χ2v) is 8.51. The average Bonchev–Trinajstić information content (AvgIpc) is 2.82. The van der Waals surface area contributed by atoms with Crippen LogP contribution >= 0.6 is 11.6 Å². The zero-order valence-corrected chi connectivity index (χ0v) is 20.1. The van der Waals surface area contributed by atoms with E-state index in [-0.39, 0.29) is 5.91 Å². The summed E-state index contributed by atoms with van der Waals surface area (Å²) in [6.07, 6.45) is 1.02. The number of nitrogens with zero attached hydrogens (tertiary/aromatic N) is 2. The molecule has 174 valence electrons. The third-order valence-corrected chi connectivity index (χ3v) is 6.15. The Balaban J connectivity index is 0.000000454. The number of carboxylic acids is 1. The fourth-order valence-electron chi connectivity index (χ4n) is 3.82. The molecule has 3 aromatic rings. The van der Waals surface area contributed by atoms with Crippen LogP contribution in [0.4, 0.5) is 0 Å². The number of halogens is 1. The fraction of sp³-hybridized carbons (Fsp3) is 0.346. The van der Waals surface area contributed by atoms with Crippen molar-refractivity contribution in [2.45, 2.75) is 33.6 Å². The first-order valence-electron chi connectivity index (χ1n) is 11.2. The van der Waals surface area contributed by atoms with Gasteiger partial charge in [0.25, 0.3) is 5.91 Å². The highest BCUT2D eigenvalue weighted by atomic mass is 35.5. The predicted molar refractivity (Wildman–Crippen MR) is 133 cm³/mol. The highest BCUT2D eigenvalue weighted by Crippen LogP contribution is 2.34. The topological polar surface area (TPSA) is 82.5 Å². The summed E-state index contributed by atoms with van der Waals surface area (Å²) in [4.78, 5) is 29.2. The molecule has 1 amide bonds. The molecule has 4 rings (SSSR count). The molecule has 0 unspecified atom stereocenters. The molecule has 0 radical (unpaired) electrons. The van der Waals surface area contributed by atoms with Crippen molar-refractivity contribution < 1.29 is 14.7 Å². The van der Waals surface area contributed by atoms with Crippen molar-refractivity contribution in [2.75, 3.05) is 26.2 Å². The zero-order chi connectivity index (χ0) is 24.0. The molecule has 0 saturated carbocycles. The number of piperazine rings is 1. The van der Waals surface area contributed by atoms with Crippen LogP contribution < -0.4 is 5.32 Å². The van der Waals surface area contributed by atoms with E-state index in [9.17, 15) is 9.59 Å². The van der Waals surface area contributed by atoms with Crippen molar-refractivity contribution in [3.05, 3.63) is 64.2 Å². The second-order valence-electron chi connectivity index (χ2n) is 8.13. The maximum atomic E-state index is 12.8. The summed E-state index contributed by atoms with van der Waals surface area (Å²) in [5.41, 5.74) is 5.46. The Hall–Kier alpha value is -2.96. The van der Waals surface area contributed by atoms with Crippen LogP contribution in [0, 0.1) is 13.8 Å². The molecule has 6 nitrogen and oxygen atoms in total. The summed E-state index contributed by atoms with van der Waals surface area (Å²) in [7, 11) is 0. The van der Waals surface area contributed by atoms with E-state index in [1.54, 1.807) is 0 Å².